The summed E-state index contributed by atoms with van der Waals surface area (Å²) in [6.07, 6.45) is 4.65. The fraction of sp³-hybridized carbons (Fsp3) is 0. The molecule has 0 aliphatic heterocycles. The van der Waals surface area contributed by atoms with Crippen LogP contribution in [-0.4, -0.2) is 15.9 Å². The molecule has 0 saturated carbocycles. The third kappa shape index (κ3) is 2.31. The minimum Gasteiger partial charge on any atom is -0.444 e. The van der Waals surface area contributed by atoms with Crippen molar-refractivity contribution in [1.82, 2.24) is 9.97 Å². The summed E-state index contributed by atoms with van der Waals surface area (Å²) in [4.78, 5) is 20.7. The average molecular weight is 306 g/mol. The predicted molar refractivity (Wildman–Crippen MR) is 76.6 cm³/mol. The lowest BCUT2D eigenvalue weighted by Gasteiger charge is -1.99. The second kappa shape index (κ2) is 5.07. The van der Waals surface area contributed by atoms with Crippen LogP contribution in [0, 0.1) is 0 Å². The molecule has 1 amide bonds. The van der Waals surface area contributed by atoms with Crippen LogP contribution < -0.4 is 5.73 Å². The number of amides is 1. The summed E-state index contributed by atoms with van der Waals surface area (Å²) in [6.45, 7) is 0. The van der Waals surface area contributed by atoms with Crippen molar-refractivity contribution in [2.24, 2.45) is 5.73 Å². The van der Waals surface area contributed by atoms with E-state index in [1.165, 1.54) is 17.6 Å². The molecular formula is C13H8ClN3O2S. The van der Waals surface area contributed by atoms with Crippen LogP contribution in [-0.2, 0) is 0 Å². The van der Waals surface area contributed by atoms with Crippen LogP contribution in [0.5, 0.6) is 0 Å². The fourth-order valence-electron chi connectivity index (χ4n) is 1.69. The molecule has 0 aromatic carbocycles. The van der Waals surface area contributed by atoms with Gasteiger partial charge in [-0.3, -0.25) is 9.78 Å². The lowest BCUT2D eigenvalue weighted by atomic mass is 10.2. The number of primary amides is 1. The minimum absolute atomic E-state index is 0.217. The van der Waals surface area contributed by atoms with E-state index < -0.39 is 5.91 Å². The average Bonchev–Trinajstić information content (AvgIpc) is 3.08. The Morgan fingerprint density at radius 3 is 2.80 bits per heavy atom. The van der Waals surface area contributed by atoms with E-state index in [1.807, 2.05) is 0 Å². The normalized spacial score (nSPS) is 10.7. The van der Waals surface area contributed by atoms with Gasteiger partial charge in [0.05, 0.1) is 21.0 Å². The van der Waals surface area contributed by atoms with Crippen LogP contribution in [0.15, 0.2) is 41.3 Å². The highest BCUT2D eigenvalue weighted by Gasteiger charge is 2.14. The first-order chi connectivity index (χ1) is 9.65. The Morgan fingerprint density at radius 1 is 1.35 bits per heavy atom. The third-order valence-electron chi connectivity index (χ3n) is 2.61. The lowest BCUT2D eigenvalue weighted by molar-refractivity contribution is 0.0995. The van der Waals surface area contributed by atoms with Crippen LogP contribution in [0.25, 0.3) is 21.2 Å². The largest absolute Gasteiger partial charge is 0.444 e. The van der Waals surface area contributed by atoms with Gasteiger partial charge in [-0.05, 0) is 18.2 Å². The topological polar surface area (TPSA) is 82.0 Å². The van der Waals surface area contributed by atoms with E-state index in [0.29, 0.717) is 10.9 Å². The van der Waals surface area contributed by atoms with Crippen molar-refractivity contribution in [3.63, 3.8) is 0 Å². The number of pyridine rings is 1. The molecule has 0 unspecified atom stereocenters. The summed E-state index contributed by atoms with van der Waals surface area (Å²) in [5.41, 5.74) is 6.18. The van der Waals surface area contributed by atoms with Gasteiger partial charge in [0.15, 0.2) is 0 Å². The van der Waals surface area contributed by atoms with Gasteiger partial charge in [-0.1, -0.05) is 11.6 Å². The van der Waals surface area contributed by atoms with Crippen molar-refractivity contribution in [2.45, 2.75) is 0 Å². The van der Waals surface area contributed by atoms with E-state index in [9.17, 15) is 4.79 Å². The zero-order valence-corrected chi connectivity index (χ0v) is 11.6. The number of hydrogen-bond acceptors (Lipinski definition) is 5. The van der Waals surface area contributed by atoms with E-state index in [1.54, 1.807) is 30.6 Å². The molecule has 20 heavy (non-hydrogen) atoms. The number of nitrogens with zero attached hydrogens (tertiary/aromatic N) is 2. The SMILES string of the molecule is NC(=O)c1ccc(-c2sc(-c3ncco3)cc2Cl)cn1. The first-order valence-corrected chi connectivity index (χ1v) is 6.80. The van der Waals surface area contributed by atoms with Crippen LogP contribution in [0.2, 0.25) is 5.02 Å². The Balaban J connectivity index is 2.00. The van der Waals surface area contributed by atoms with E-state index in [2.05, 4.69) is 9.97 Å². The van der Waals surface area contributed by atoms with Crippen molar-refractivity contribution in [1.29, 1.82) is 0 Å². The number of thiophene rings is 1. The van der Waals surface area contributed by atoms with Gasteiger partial charge in [0.2, 0.25) is 5.89 Å². The molecule has 0 atom stereocenters. The molecule has 0 aliphatic carbocycles. The molecule has 0 aliphatic rings. The molecule has 7 heteroatoms. The zero-order valence-electron chi connectivity index (χ0n) is 10.0. The zero-order chi connectivity index (χ0) is 14.1. The van der Waals surface area contributed by atoms with Crippen molar-refractivity contribution in [3.05, 3.63) is 47.6 Å². The highest BCUT2D eigenvalue weighted by Crippen LogP contribution is 2.40. The van der Waals surface area contributed by atoms with Gasteiger partial charge in [0.25, 0.3) is 5.91 Å². The number of hydrogen-bond donors (Lipinski definition) is 1. The molecule has 0 fully saturated rings. The molecule has 0 spiro atoms. The Labute approximate surface area is 123 Å². The lowest BCUT2D eigenvalue weighted by Crippen LogP contribution is -2.12. The van der Waals surface area contributed by atoms with E-state index in [0.717, 1.165) is 15.3 Å². The van der Waals surface area contributed by atoms with Gasteiger partial charge in [-0.25, -0.2) is 4.98 Å². The fourth-order valence-corrected chi connectivity index (χ4v) is 3.07. The highest BCUT2D eigenvalue weighted by molar-refractivity contribution is 7.19. The first-order valence-electron chi connectivity index (χ1n) is 5.60. The number of halogens is 1. The molecule has 5 nitrogen and oxygen atoms in total. The van der Waals surface area contributed by atoms with Crippen LogP contribution in [0.4, 0.5) is 0 Å². The molecule has 0 saturated heterocycles. The van der Waals surface area contributed by atoms with Gasteiger partial charge in [0, 0.05) is 11.8 Å². The maximum absolute atomic E-state index is 11.0. The summed E-state index contributed by atoms with van der Waals surface area (Å²) in [7, 11) is 0. The van der Waals surface area contributed by atoms with Crippen molar-refractivity contribution < 1.29 is 9.21 Å². The van der Waals surface area contributed by atoms with Crippen LogP contribution in [0.3, 0.4) is 0 Å². The summed E-state index contributed by atoms with van der Waals surface area (Å²) in [5, 5.41) is 0.580. The molecule has 3 rings (SSSR count). The number of oxazole rings is 1. The summed E-state index contributed by atoms with van der Waals surface area (Å²) < 4.78 is 5.24. The van der Waals surface area contributed by atoms with Crippen molar-refractivity contribution in [2.75, 3.05) is 0 Å². The maximum atomic E-state index is 11.0. The van der Waals surface area contributed by atoms with Crippen LogP contribution >= 0.6 is 22.9 Å². The summed E-state index contributed by atoms with van der Waals surface area (Å²) >= 11 is 7.66. The van der Waals surface area contributed by atoms with Crippen molar-refractivity contribution >= 4 is 28.8 Å². The monoisotopic (exact) mass is 305 g/mol. The second-order valence-corrected chi connectivity index (χ2v) is 5.38. The van der Waals surface area contributed by atoms with E-state index in [4.69, 9.17) is 21.8 Å². The van der Waals surface area contributed by atoms with E-state index in [-0.39, 0.29) is 5.69 Å². The summed E-state index contributed by atoms with van der Waals surface area (Å²) in [6, 6.07) is 5.11. The van der Waals surface area contributed by atoms with Gasteiger partial charge in [-0.2, -0.15) is 0 Å². The molecule has 3 heterocycles. The standard InChI is InChI=1S/C13H8ClN3O2S/c14-8-5-10(13-16-3-4-19-13)20-11(8)7-1-2-9(12(15)18)17-6-7/h1-6H,(H2,15,18). The molecule has 3 aromatic heterocycles. The Kier molecular flexibility index (Phi) is 3.25. The van der Waals surface area contributed by atoms with Gasteiger partial charge in [-0.15, -0.1) is 11.3 Å². The van der Waals surface area contributed by atoms with E-state index >= 15 is 0 Å². The Hall–Kier alpha value is -2.18. The third-order valence-corrected chi connectivity index (χ3v) is 4.19. The number of nitrogens with two attached hydrogens (primary N) is 1. The smallest absolute Gasteiger partial charge is 0.267 e. The summed E-state index contributed by atoms with van der Waals surface area (Å²) in [5.74, 6) is -0.0424. The molecule has 100 valence electrons. The van der Waals surface area contributed by atoms with Gasteiger partial charge < -0.3 is 10.2 Å². The number of rotatable bonds is 3. The van der Waals surface area contributed by atoms with Crippen LogP contribution in [0.1, 0.15) is 10.5 Å². The molecule has 2 N–H and O–H groups in total. The second-order valence-electron chi connectivity index (χ2n) is 3.92. The van der Waals surface area contributed by atoms with Crippen molar-refractivity contribution in [3.8, 4) is 21.2 Å². The molecule has 0 radical (unpaired) electrons. The Bertz CT molecular complexity index is 751. The molecular weight excluding hydrogens is 298 g/mol. The number of aromatic nitrogens is 2. The highest BCUT2D eigenvalue weighted by atomic mass is 35.5. The number of carbonyl (C=O) groups is 1. The maximum Gasteiger partial charge on any atom is 0.267 e. The quantitative estimate of drug-likeness (QED) is 0.805. The molecule has 3 aromatic rings. The predicted octanol–water partition coefficient (Wildman–Crippen LogP) is 3.22. The number of carbonyl (C=O) groups excluding carboxylic acids is 1. The Morgan fingerprint density at radius 2 is 2.20 bits per heavy atom. The first kappa shape index (κ1) is 12.8. The minimum atomic E-state index is -0.561. The molecule has 0 bridgehead atoms. The van der Waals surface area contributed by atoms with Gasteiger partial charge in [0.1, 0.15) is 12.0 Å². The van der Waals surface area contributed by atoms with Gasteiger partial charge >= 0.3 is 0 Å².